The molecule has 94 valence electrons. The Morgan fingerprint density at radius 2 is 1.80 bits per heavy atom. The van der Waals surface area contributed by atoms with Gasteiger partial charge in [-0.1, -0.05) is 20.8 Å². The molecule has 0 aromatic carbocycles. The molecule has 0 rings (SSSR count). The molecule has 0 aromatic rings. The number of nitrogens with two attached hydrogens (primary N) is 1. The molecule has 0 aliphatic rings. The van der Waals surface area contributed by atoms with Crippen LogP contribution < -0.4 is 10.5 Å². The van der Waals surface area contributed by atoms with Crippen molar-refractivity contribution in [2.45, 2.75) is 27.2 Å². The first kappa shape index (κ1) is 17.6. The highest BCUT2D eigenvalue weighted by atomic mass is 35.5. The number of sulfonamides is 1. The van der Waals surface area contributed by atoms with E-state index in [1.807, 2.05) is 20.8 Å². The van der Waals surface area contributed by atoms with Crippen molar-refractivity contribution in [1.82, 2.24) is 4.72 Å². The minimum absolute atomic E-state index is 0. The first-order chi connectivity index (χ1) is 6.37. The molecule has 6 heteroatoms. The molecule has 15 heavy (non-hydrogen) atoms. The first-order valence-electron chi connectivity index (χ1n) is 5.04. The van der Waals surface area contributed by atoms with Gasteiger partial charge < -0.3 is 5.73 Å². The van der Waals surface area contributed by atoms with Crippen molar-refractivity contribution in [2.75, 3.05) is 18.8 Å². The predicted molar refractivity (Wildman–Crippen MR) is 66.7 cm³/mol. The van der Waals surface area contributed by atoms with Crippen LogP contribution in [-0.4, -0.2) is 27.3 Å². The minimum Gasteiger partial charge on any atom is -0.330 e. The zero-order valence-electron chi connectivity index (χ0n) is 9.69. The summed E-state index contributed by atoms with van der Waals surface area (Å²) >= 11 is 0. The summed E-state index contributed by atoms with van der Waals surface area (Å²) in [5.74, 6) is 0.824. The molecular formula is C9H23ClN2O2S. The second-order valence-electron chi connectivity index (χ2n) is 4.19. The summed E-state index contributed by atoms with van der Waals surface area (Å²) in [6.07, 6.45) is 0.701. The molecule has 0 amide bonds. The van der Waals surface area contributed by atoms with Gasteiger partial charge in [0.1, 0.15) is 0 Å². The van der Waals surface area contributed by atoms with Crippen LogP contribution in [0.15, 0.2) is 0 Å². The maximum Gasteiger partial charge on any atom is 0.211 e. The third-order valence-corrected chi connectivity index (χ3v) is 3.40. The van der Waals surface area contributed by atoms with E-state index in [4.69, 9.17) is 5.73 Å². The molecule has 0 spiro atoms. The molecule has 0 saturated carbocycles. The lowest BCUT2D eigenvalue weighted by Gasteiger charge is -2.11. The van der Waals surface area contributed by atoms with Crippen molar-refractivity contribution in [2.24, 2.45) is 17.6 Å². The van der Waals surface area contributed by atoms with Gasteiger partial charge in [-0.3, -0.25) is 0 Å². The van der Waals surface area contributed by atoms with Crippen LogP contribution in [0.1, 0.15) is 27.2 Å². The van der Waals surface area contributed by atoms with E-state index in [2.05, 4.69) is 4.72 Å². The zero-order valence-corrected chi connectivity index (χ0v) is 11.3. The molecule has 0 aromatic heterocycles. The Morgan fingerprint density at radius 1 is 1.27 bits per heavy atom. The molecule has 1 unspecified atom stereocenters. The number of rotatable bonds is 7. The second kappa shape index (κ2) is 8.33. The first-order valence-corrected chi connectivity index (χ1v) is 6.70. The number of hydrogen-bond donors (Lipinski definition) is 2. The average molecular weight is 259 g/mol. The highest BCUT2D eigenvalue weighted by Gasteiger charge is 2.11. The monoisotopic (exact) mass is 258 g/mol. The van der Waals surface area contributed by atoms with Crippen LogP contribution in [0.25, 0.3) is 0 Å². The Morgan fingerprint density at radius 3 is 2.20 bits per heavy atom. The van der Waals surface area contributed by atoms with Gasteiger partial charge in [-0.15, -0.1) is 12.4 Å². The largest absolute Gasteiger partial charge is 0.330 e. The predicted octanol–water partition coefficient (Wildman–Crippen LogP) is 0.968. The Hall–Kier alpha value is 0.160. The summed E-state index contributed by atoms with van der Waals surface area (Å²) < 4.78 is 25.4. The number of halogens is 1. The fourth-order valence-corrected chi connectivity index (χ4v) is 2.28. The highest BCUT2D eigenvalue weighted by molar-refractivity contribution is 7.89. The van der Waals surface area contributed by atoms with Crippen molar-refractivity contribution in [3.63, 3.8) is 0 Å². The molecule has 0 heterocycles. The molecule has 0 saturated heterocycles. The normalized spacial score (nSPS) is 13.7. The lowest BCUT2D eigenvalue weighted by molar-refractivity contribution is 0.535. The van der Waals surface area contributed by atoms with Crippen LogP contribution in [0.4, 0.5) is 0 Å². The van der Waals surface area contributed by atoms with Gasteiger partial charge in [-0.2, -0.15) is 0 Å². The molecule has 4 nitrogen and oxygen atoms in total. The van der Waals surface area contributed by atoms with Crippen molar-refractivity contribution in [3.8, 4) is 0 Å². The summed E-state index contributed by atoms with van der Waals surface area (Å²) in [6.45, 7) is 6.89. The summed E-state index contributed by atoms with van der Waals surface area (Å²) in [5.41, 5.74) is 5.39. The fraction of sp³-hybridized carbons (Fsp3) is 1.00. The lowest BCUT2D eigenvalue weighted by atomic mass is 10.2. The molecular weight excluding hydrogens is 236 g/mol. The summed E-state index contributed by atoms with van der Waals surface area (Å²) in [7, 11) is -3.09. The zero-order chi connectivity index (χ0) is 11.2. The van der Waals surface area contributed by atoms with Gasteiger partial charge in [-0.25, -0.2) is 13.1 Å². The molecule has 0 bridgehead atoms. The van der Waals surface area contributed by atoms with Crippen LogP contribution in [0.2, 0.25) is 0 Å². The van der Waals surface area contributed by atoms with Crippen LogP contribution in [0.5, 0.6) is 0 Å². The lowest BCUT2D eigenvalue weighted by Crippen LogP contribution is -2.33. The van der Waals surface area contributed by atoms with Crippen LogP contribution in [-0.2, 0) is 10.0 Å². The maximum atomic E-state index is 11.4. The SMILES string of the molecule is CC(C)CCS(=O)(=O)NCC(C)CN.Cl. The topological polar surface area (TPSA) is 72.2 Å². The van der Waals surface area contributed by atoms with E-state index < -0.39 is 10.0 Å². The summed E-state index contributed by atoms with van der Waals surface area (Å²) in [4.78, 5) is 0. The van der Waals surface area contributed by atoms with E-state index >= 15 is 0 Å². The van der Waals surface area contributed by atoms with Crippen molar-refractivity contribution >= 4 is 22.4 Å². The standard InChI is InChI=1S/C9H22N2O2S.ClH/c1-8(2)4-5-14(12,13)11-7-9(3)6-10;/h8-9,11H,4-7,10H2,1-3H3;1H. The van der Waals surface area contributed by atoms with Gasteiger partial charge >= 0.3 is 0 Å². The molecule has 0 fully saturated rings. The van der Waals surface area contributed by atoms with Gasteiger partial charge in [0, 0.05) is 6.54 Å². The minimum atomic E-state index is -3.09. The second-order valence-corrected chi connectivity index (χ2v) is 6.12. The Balaban J connectivity index is 0. The Kier molecular flexibility index (Phi) is 9.74. The molecule has 1 atom stereocenters. The van der Waals surface area contributed by atoms with Crippen molar-refractivity contribution in [1.29, 1.82) is 0 Å². The van der Waals surface area contributed by atoms with E-state index in [9.17, 15) is 8.42 Å². The van der Waals surface area contributed by atoms with Gasteiger partial charge in [0.05, 0.1) is 5.75 Å². The summed E-state index contributed by atoms with van der Waals surface area (Å²) in [6, 6.07) is 0. The molecule has 0 radical (unpaired) electrons. The van der Waals surface area contributed by atoms with Crippen LogP contribution in [0, 0.1) is 11.8 Å². The third kappa shape index (κ3) is 10.4. The molecule has 0 aliphatic carbocycles. The molecule has 3 N–H and O–H groups in total. The Labute approximate surface area is 99.5 Å². The van der Waals surface area contributed by atoms with Crippen molar-refractivity contribution in [3.05, 3.63) is 0 Å². The molecule has 0 aliphatic heterocycles. The number of nitrogens with one attached hydrogen (secondary N) is 1. The van der Waals surface area contributed by atoms with E-state index in [-0.39, 0.29) is 24.1 Å². The summed E-state index contributed by atoms with van der Waals surface area (Å²) in [5, 5.41) is 0. The van der Waals surface area contributed by atoms with E-state index in [0.717, 1.165) is 0 Å². The van der Waals surface area contributed by atoms with Gasteiger partial charge in [0.15, 0.2) is 0 Å². The van der Waals surface area contributed by atoms with Crippen LogP contribution in [0.3, 0.4) is 0 Å². The van der Waals surface area contributed by atoms with Gasteiger partial charge in [-0.05, 0) is 24.8 Å². The quantitative estimate of drug-likeness (QED) is 0.715. The van der Waals surface area contributed by atoms with Crippen LogP contribution >= 0.6 is 12.4 Å². The van der Waals surface area contributed by atoms with E-state index in [1.54, 1.807) is 0 Å². The maximum absolute atomic E-state index is 11.4. The fourth-order valence-electron chi connectivity index (χ4n) is 0.816. The number of hydrogen-bond acceptors (Lipinski definition) is 3. The van der Waals surface area contributed by atoms with E-state index in [0.29, 0.717) is 25.4 Å². The van der Waals surface area contributed by atoms with Gasteiger partial charge in [0.25, 0.3) is 0 Å². The van der Waals surface area contributed by atoms with E-state index in [1.165, 1.54) is 0 Å². The van der Waals surface area contributed by atoms with Gasteiger partial charge in [0.2, 0.25) is 10.0 Å². The average Bonchev–Trinajstić information content (AvgIpc) is 2.11. The highest BCUT2D eigenvalue weighted by Crippen LogP contribution is 2.02. The Bertz CT molecular complexity index is 242. The van der Waals surface area contributed by atoms with Crippen molar-refractivity contribution < 1.29 is 8.42 Å². The third-order valence-electron chi connectivity index (χ3n) is 2.02. The smallest absolute Gasteiger partial charge is 0.211 e.